The van der Waals surface area contributed by atoms with E-state index in [1.807, 2.05) is 6.07 Å². The lowest BCUT2D eigenvalue weighted by Crippen LogP contribution is -2.55. The minimum absolute atomic E-state index is 0.0293. The van der Waals surface area contributed by atoms with E-state index >= 15 is 0 Å². The summed E-state index contributed by atoms with van der Waals surface area (Å²) >= 11 is 0. The number of rotatable bonds is 4. The molecule has 0 spiro atoms. The van der Waals surface area contributed by atoms with E-state index in [1.165, 1.54) is 24.3 Å². The maximum atomic E-state index is 14.1. The third-order valence-electron chi connectivity index (χ3n) is 6.25. The molecule has 0 aliphatic heterocycles. The van der Waals surface area contributed by atoms with Crippen molar-refractivity contribution in [3.05, 3.63) is 69.2 Å². The van der Waals surface area contributed by atoms with Gasteiger partial charge >= 0.3 is 11.8 Å². The number of aliphatic hydroxyl groups is 1. The van der Waals surface area contributed by atoms with Gasteiger partial charge in [-0.3, -0.25) is 4.79 Å². The molecule has 1 amide bonds. The summed E-state index contributed by atoms with van der Waals surface area (Å²) in [6.45, 7) is 1.54. The molecule has 176 valence electrons. The van der Waals surface area contributed by atoms with Crippen LogP contribution >= 0.6 is 0 Å². The Bertz CT molecular complexity index is 1380. The first-order valence-corrected chi connectivity index (χ1v) is 10.6. The molecule has 34 heavy (non-hydrogen) atoms. The summed E-state index contributed by atoms with van der Waals surface area (Å²) in [6, 6.07) is 10.6. The van der Waals surface area contributed by atoms with Crippen LogP contribution in [0.1, 0.15) is 47.6 Å². The van der Waals surface area contributed by atoms with E-state index < -0.39 is 35.6 Å². The first kappa shape index (κ1) is 23.4. The zero-order chi connectivity index (χ0) is 24.7. The van der Waals surface area contributed by atoms with Crippen molar-refractivity contribution in [2.45, 2.75) is 50.3 Å². The minimum atomic E-state index is -5.24. The molecule has 3 aromatic rings. The quantitative estimate of drug-likeness (QED) is 0.592. The predicted octanol–water partition coefficient (Wildman–Crippen LogP) is 4.11. The minimum Gasteiger partial charge on any atom is -0.373 e. The SMILES string of the molecule is Cc1noc(=O)c2ccc(NC(=O)C(O)(CC3CCCc4cc(C#N)ccc43)C(F)(F)F)cc12. The van der Waals surface area contributed by atoms with Crippen molar-refractivity contribution in [3.8, 4) is 6.07 Å². The molecule has 1 aromatic heterocycles. The van der Waals surface area contributed by atoms with E-state index in [9.17, 15) is 27.9 Å². The smallest absolute Gasteiger partial charge is 0.373 e. The topological polar surface area (TPSA) is 116 Å². The monoisotopic (exact) mass is 471 g/mol. The average Bonchev–Trinajstić information content (AvgIpc) is 2.80. The van der Waals surface area contributed by atoms with Gasteiger partial charge in [0.05, 0.1) is 22.7 Å². The maximum Gasteiger partial charge on any atom is 0.426 e. The molecule has 1 aliphatic rings. The number of benzene rings is 2. The summed E-state index contributed by atoms with van der Waals surface area (Å²) in [4.78, 5) is 24.6. The second kappa shape index (κ2) is 8.57. The number of aromatic nitrogens is 1. The van der Waals surface area contributed by atoms with Crippen LogP contribution in [0, 0.1) is 18.3 Å². The number of halogens is 3. The number of hydrogen-bond donors (Lipinski definition) is 2. The maximum absolute atomic E-state index is 14.1. The van der Waals surface area contributed by atoms with Crippen molar-refractivity contribution in [2.75, 3.05) is 5.32 Å². The van der Waals surface area contributed by atoms with Gasteiger partial charge in [-0.15, -0.1) is 0 Å². The van der Waals surface area contributed by atoms with Gasteiger partial charge in [-0.05, 0) is 73.6 Å². The van der Waals surface area contributed by atoms with Crippen LogP contribution in [0.15, 0.2) is 45.7 Å². The van der Waals surface area contributed by atoms with Crippen molar-refractivity contribution < 1.29 is 27.6 Å². The lowest BCUT2D eigenvalue weighted by molar-refractivity contribution is -0.252. The number of fused-ring (bicyclic) bond motifs is 2. The summed E-state index contributed by atoms with van der Waals surface area (Å²) in [6.07, 6.45) is -4.56. The Hall–Kier alpha value is -3.71. The van der Waals surface area contributed by atoms with Crippen molar-refractivity contribution in [1.29, 1.82) is 5.26 Å². The van der Waals surface area contributed by atoms with Crippen LogP contribution in [0.5, 0.6) is 0 Å². The number of nitrogens with one attached hydrogen (secondary N) is 1. The molecular formula is C24H20F3N3O4. The molecule has 1 heterocycles. The molecular weight excluding hydrogens is 451 g/mol. The van der Waals surface area contributed by atoms with E-state index in [0.29, 0.717) is 41.5 Å². The molecule has 1 aliphatic carbocycles. The third kappa shape index (κ3) is 4.15. The lowest BCUT2D eigenvalue weighted by atomic mass is 9.76. The van der Waals surface area contributed by atoms with Crippen molar-refractivity contribution in [3.63, 3.8) is 0 Å². The number of aryl methyl sites for hydroxylation is 2. The Kier molecular flexibility index (Phi) is 5.91. The van der Waals surface area contributed by atoms with Gasteiger partial charge in [-0.2, -0.15) is 18.4 Å². The molecule has 2 N–H and O–H groups in total. The number of nitrogens with zero attached hydrogens (tertiary/aromatic N) is 2. The Morgan fingerprint density at radius 2 is 2.03 bits per heavy atom. The number of alkyl halides is 3. The van der Waals surface area contributed by atoms with Gasteiger partial charge in [-0.1, -0.05) is 11.2 Å². The van der Waals surface area contributed by atoms with Crippen LogP contribution in [-0.4, -0.2) is 27.9 Å². The molecule has 2 aromatic carbocycles. The van der Waals surface area contributed by atoms with E-state index in [-0.39, 0.29) is 11.1 Å². The van der Waals surface area contributed by atoms with Crippen LogP contribution in [-0.2, 0) is 11.2 Å². The lowest BCUT2D eigenvalue weighted by Gasteiger charge is -2.35. The van der Waals surface area contributed by atoms with E-state index in [4.69, 9.17) is 5.26 Å². The highest BCUT2D eigenvalue weighted by Crippen LogP contribution is 2.43. The number of nitriles is 1. The van der Waals surface area contributed by atoms with Gasteiger partial charge in [0.2, 0.25) is 5.60 Å². The summed E-state index contributed by atoms with van der Waals surface area (Å²) in [5.41, 5.74) is -2.35. The molecule has 0 saturated heterocycles. The van der Waals surface area contributed by atoms with Gasteiger partial charge in [0, 0.05) is 17.5 Å². The second-order valence-corrected chi connectivity index (χ2v) is 8.45. The van der Waals surface area contributed by atoms with Crippen LogP contribution in [0.25, 0.3) is 10.8 Å². The molecule has 0 saturated carbocycles. The molecule has 2 unspecified atom stereocenters. The van der Waals surface area contributed by atoms with Crippen LogP contribution in [0.4, 0.5) is 18.9 Å². The number of anilines is 1. The highest BCUT2D eigenvalue weighted by molar-refractivity contribution is 5.99. The Morgan fingerprint density at radius 1 is 1.26 bits per heavy atom. The second-order valence-electron chi connectivity index (χ2n) is 8.45. The Morgan fingerprint density at radius 3 is 2.74 bits per heavy atom. The molecule has 4 rings (SSSR count). The normalized spacial score (nSPS) is 17.5. The first-order valence-electron chi connectivity index (χ1n) is 10.6. The van der Waals surface area contributed by atoms with Gasteiger partial charge in [-0.25, -0.2) is 4.79 Å². The molecule has 7 nitrogen and oxygen atoms in total. The standard InChI is InChI=1S/C24H20F3N3O4/c1-13-20-10-17(6-8-19(20)21(31)34-30-13)29-22(32)23(33,24(25,26)27)11-16-4-2-3-15-9-14(12-28)5-7-18(15)16/h5-10,16,33H,2-4,11H2,1H3,(H,29,32). The van der Waals surface area contributed by atoms with Crippen molar-refractivity contribution >= 4 is 22.4 Å². The zero-order valence-corrected chi connectivity index (χ0v) is 18.1. The fraction of sp³-hybridized carbons (Fsp3) is 0.333. The van der Waals surface area contributed by atoms with E-state index in [1.54, 1.807) is 19.1 Å². The zero-order valence-electron chi connectivity index (χ0n) is 18.1. The van der Waals surface area contributed by atoms with Crippen LogP contribution < -0.4 is 10.9 Å². The summed E-state index contributed by atoms with van der Waals surface area (Å²) in [5, 5.41) is 26.0. The molecule has 0 radical (unpaired) electrons. The molecule has 0 fully saturated rings. The number of carbonyl (C=O) groups excluding carboxylic acids is 1. The Balaban J connectivity index is 1.66. The fourth-order valence-electron chi connectivity index (χ4n) is 4.43. The predicted molar refractivity (Wildman–Crippen MR) is 116 cm³/mol. The van der Waals surface area contributed by atoms with Crippen LogP contribution in [0.2, 0.25) is 0 Å². The Labute approximate surface area is 191 Å². The summed E-state index contributed by atoms with van der Waals surface area (Å²) in [7, 11) is 0. The highest BCUT2D eigenvalue weighted by atomic mass is 19.4. The summed E-state index contributed by atoms with van der Waals surface area (Å²) < 4.78 is 46.8. The van der Waals surface area contributed by atoms with Gasteiger partial charge < -0.3 is 14.9 Å². The first-order chi connectivity index (χ1) is 16.0. The van der Waals surface area contributed by atoms with Gasteiger partial charge in [0.1, 0.15) is 0 Å². The molecule has 0 bridgehead atoms. The van der Waals surface area contributed by atoms with Gasteiger partial charge in [0.25, 0.3) is 5.91 Å². The largest absolute Gasteiger partial charge is 0.426 e. The van der Waals surface area contributed by atoms with Crippen molar-refractivity contribution in [1.82, 2.24) is 5.16 Å². The van der Waals surface area contributed by atoms with E-state index in [0.717, 1.165) is 5.56 Å². The number of amides is 1. The third-order valence-corrected chi connectivity index (χ3v) is 6.25. The van der Waals surface area contributed by atoms with Crippen LogP contribution in [0.3, 0.4) is 0 Å². The van der Waals surface area contributed by atoms with Gasteiger partial charge in [0.15, 0.2) is 0 Å². The molecule has 2 atom stereocenters. The number of carbonyl (C=O) groups is 1. The summed E-state index contributed by atoms with van der Waals surface area (Å²) in [5.74, 6) is -2.34. The average molecular weight is 471 g/mol. The van der Waals surface area contributed by atoms with Crippen molar-refractivity contribution in [2.24, 2.45) is 0 Å². The number of hydrogen-bond acceptors (Lipinski definition) is 6. The highest BCUT2D eigenvalue weighted by Gasteiger charge is 2.60. The fourth-order valence-corrected chi connectivity index (χ4v) is 4.43. The molecule has 10 heteroatoms. The van der Waals surface area contributed by atoms with E-state index in [2.05, 4.69) is 15.0 Å².